The van der Waals surface area contributed by atoms with Crippen molar-refractivity contribution >= 4 is 23.0 Å². The van der Waals surface area contributed by atoms with Crippen LogP contribution in [0.2, 0.25) is 0 Å². The monoisotopic (exact) mass is 424 g/mol. The number of aromatic amines is 1. The van der Waals surface area contributed by atoms with E-state index < -0.39 is 11.5 Å². The molecular weight excluding hydrogens is 396 g/mol. The van der Waals surface area contributed by atoms with Gasteiger partial charge in [-0.3, -0.25) is 14.3 Å². The fraction of sp³-hybridized carbons (Fsp3) is 0.476. The second kappa shape index (κ2) is 7.77. The van der Waals surface area contributed by atoms with Gasteiger partial charge in [0, 0.05) is 44.1 Å². The molecule has 1 aliphatic rings. The Balaban J connectivity index is 1.62. The third-order valence-electron chi connectivity index (χ3n) is 5.55. The number of nitrogens with zero attached hydrogens (tertiary/aromatic N) is 5. The summed E-state index contributed by atoms with van der Waals surface area (Å²) < 4.78 is 1.68. The highest BCUT2D eigenvalue weighted by atomic mass is 16.2. The standard InChI is InChI=1S/C21H28N8O2/c1-21(2,3)17(20(31)29-6-5-13(22)11-29)27-19(30)14-8-23-18-16(14)26-15(9-24-18)12-7-25-28(4)10-12/h7-10,13,17H,5-6,11,22H2,1-4H3,(H,23,24)(H,27,30)/t13-,17?/m0/s1. The van der Waals surface area contributed by atoms with Gasteiger partial charge < -0.3 is 20.9 Å². The Bertz CT molecular complexity index is 1130. The lowest BCUT2D eigenvalue weighted by atomic mass is 9.85. The summed E-state index contributed by atoms with van der Waals surface area (Å²) in [7, 11) is 1.82. The Labute approximate surface area is 180 Å². The van der Waals surface area contributed by atoms with E-state index >= 15 is 0 Å². The van der Waals surface area contributed by atoms with Gasteiger partial charge in [0.05, 0.1) is 23.7 Å². The number of nitrogens with two attached hydrogens (primary N) is 1. The minimum absolute atomic E-state index is 0.0185. The highest BCUT2D eigenvalue weighted by molar-refractivity contribution is 6.06. The van der Waals surface area contributed by atoms with Crippen molar-refractivity contribution in [3.8, 4) is 11.3 Å². The lowest BCUT2D eigenvalue weighted by Crippen LogP contribution is -2.54. The number of aromatic nitrogens is 5. The maximum absolute atomic E-state index is 13.2. The minimum Gasteiger partial charge on any atom is -0.344 e. The van der Waals surface area contributed by atoms with E-state index in [1.54, 1.807) is 28.2 Å². The van der Waals surface area contributed by atoms with Crippen molar-refractivity contribution in [2.75, 3.05) is 13.1 Å². The molecule has 1 aliphatic heterocycles. The largest absolute Gasteiger partial charge is 0.344 e. The van der Waals surface area contributed by atoms with E-state index in [1.165, 1.54) is 0 Å². The first-order valence-electron chi connectivity index (χ1n) is 10.3. The summed E-state index contributed by atoms with van der Waals surface area (Å²) in [6.45, 7) is 6.91. The van der Waals surface area contributed by atoms with Crippen LogP contribution < -0.4 is 11.1 Å². The third-order valence-corrected chi connectivity index (χ3v) is 5.55. The Morgan fingerprint density at radius 2 is 2.10 bits per heavy atom. The van der Waals surface area contributed by atoms with Crippen LogP contribution in [0.4, 0.5) is 0 Å². The normalized spacial score (nSPS) is 17.8. The smallest absolute Gasteiger partial charge is 0.255 e. The average Bonchev–Trinajstić information content (AvgIpc) is 3.43. The molecule has 4 heterocycles. The first-order chi connectivity index (χ1) is 14.6. The van der Waals surface area contributed by atoms with Crippen LogP contribution in [0.3, 0.4) is 0 Å². The Kier molecular flexibility index (Phi) is 5.26. The number of fused-ring (bicyclic) bond motifs is 1. The lowest BCUT2D eigenvalue weighted by molar-refractivity contribution is -0.134. The molecule has 4 rings (SSSR count). The zero-order valence-corrected chi connectivity index (χ0v) is 18.2. The number of H-pyrrole nitrogens is 1. The molecular formula is C21H28N8O2. The van der Waals surface area contributed by atoms with Crippen molar-refractivity contribution in [2.24, 2.45) is 18.2 Å². The van der Waals surface area contributed by atoms with Gasteiger partial charge in [0.1, 0.15) is 11.6 Å². The van der Waals surface area contributed by atoms with Gasteiger partial charge in [-0.05, 0) is 11.8 Å². The molecule has 0 aliphatic carbocycles. The number of aryl methyl sites for hydroxylation is 1. The number of nitrogens with one attached hydrogen (secondary N) is 2. The van der Waals surface area contributed by atoms with E-state index in [0.717, 1.165) is 12.0 Å². The molecule has 3 aromatic rings. The van der Waals surface area contributed by atoms with E-state index in [4.69, 9.17) is 5.73 Å². The number of amides is 2. The summed E-state index contributed by atoms with van der Waals surface area (Å²) >= 11 is 0. The number of likely N-dealkylation sites (tertiary alicyclic amines) is 1. The number of carbonyl (C=O) groups excluding carboxylic acids is 2. The van der Waals surface area contributed by atoms with Gasteiger partial charge >= 0.3 is 0 Å². The summed E-state index contributed by atoms with van der Waals surface area (Å²) in [6.07, 6.45) is 7.50. The van der Waals surface area contributed by atoms with Gasteiger partial charge in [-0.1, -0.05) is 20.8 Å². The molecule has 10 heteroatoms. The summed E-state index contributed by atoms with van der Waals surface area (Å²) in [5.41, 5.74) is 8.20. The van der Waals surface area contributed by atoms with Gasteiger partial charge in [0.25, 0.3) is 5.91 Å². The van der Waals surface area contributed by atoms with Crippen LogP contribution >= 0.6 is 0 Å². The molecule has 164 valence electrons. The molecule has 0 aromatic carbocycles. The van der Waals surface area contributed by atoms with Gasteiger partial charge in [-0.25, -0.2) is 9.97 Å². The molecule has 0 saturated carbocycles. The molecule has 1 fully saturated rings. The second-order valence-corrected chi connectivity index (χ2v) is 9.16. The van der Waals surface area contributed by atoms with Crippen LogP contribution in [0.15, 0.2) is 24.8 Å². The average molecular weight is 425 g/mol. The van der Waals surface area contributed by atoms with Gasteiger partial charge in [-0.2, -0.15) is 5.10 Å². The second-order valence-electron chi connectivity index (χ2n) is 9.16. The molecule has 0 radical (unpaired) electrons. The minimum atomic E-state index is -0.690. The van der Waals surface area contributed by atoms with Crippen molar-refractivity contribution in [1.82, 2.24) is 34.9 Å². The van der Waals surface area contributed by atoms with Gasteiger partial charge in [0.15, 0.2) is 5.65 Å². The van der Waals surface area contributed by atoms with E-state index in [0.29, 0.717) is 35.5 Å². The summed E-state index contributed by atoms with van der Waals surface area (Å²) in [5, 5.41) is 7.09. The third kappa shape index (κ3) is 4.15. The van der Waals surface area contributed by atoms with Crippen LogP contribution in [0.1, 0.15) is 37.6 Å². The van der Waals surface area contributed by atoms with Gasteiger partial charge in [-0.15, -0.1) is 0 Å². The van der Waals surface area contributed by atoms with Crippen molar-refractivity contribution in [1.29, 1.82) is 0 Å². The van der Waals surface area contributed by atoms with Crippen LogP contribution in [0.5, 0.6) is 0 Å². The molecule has 2 amide bonds. The van der Waals surface area contributed by atoms with E-state index in [-0.39, 0.29) is 17.9 Å². The zero-order valence-electron chi connectivity index (χ0n) is 18.2. The molecule has 2 atom stereocenters. The van der Waals surface area contributed by atoms with Crippen molar-refractivity contribution < 1.29 is 9.59 Å². The molecule has 31 heavy (non-hydrogen) atoms. The number of carbonyl (C=O) groups is 2. The molecule has 4 N–H and O–H groups in total. The fourth-order valence-electron chi connectivity index (χ4n) is 3.78. The molecule has 3 aromatic heterocycles. The number of hydrogen-bond donors (Lipinski definition) is 3. The summed E-state index contributed by atoms with van der Waals surface area (Å²) in [4.78, 5) is 40.1. The maximum Gasteiger partial charge on any atom is 0.255 e. The van der Waals surface area contributed by atoms with Crippen LogP contribution in [0.25, 0.3) is 22.4 Å². The molecule has 0 spiro atoms. The quantitative estimate of drug-likeness (QED) is 0.573. The first kappa shape index (κ1) is 21.0. The predicted molar refractivity (Wildman–Crippen MR) is 116 cm³/mol. The van der Waals surface area contributed by atoms with Crippen LogP contribution in [-0.4, -0.2) is 66.6 Å². The molecule has 0 bridgehead atoms. The molecule has 1 unspecified atom stereocenters. The van der Waals surface area contributed by atoms with Crippen LogP contribution in [-0.2, 0) is 11.8 Å². The maximum atomic E-state index is 13.2. The summed E-state index contributed by atoms with van der Waals surface area (Å²) in [6, 6.07) is -0.709. The van der Waals surface area contributed by atoms with Gasteiger partial charge in [0.2, 0.25) is 5.91 Å². The van der Waals surface area contributed by atoms with E-state index in [1.807, 2.05) is 34.0 Å². The predicted octanol–water partition coefficient (Wildman–Crippen LogP) is 1.06. The van der Waals surface area contributed by atoms with E-state index in [2.05, 4.69) is 25.4 Å². The van der Waals surface area contributed by atoms with Crippen molar-refractivity contribution in [3.63, 3.8) is 0 Å². The summed E-state index contributed by atoms with van der Waals surface area (Å²) in [5.74, 6) is -0.489. The lowest BCUT2D eigenvalue weighted by Gasteiger charge is -2.33. The Hall–Kier alpha value is -3.27. The number of rotatable bonds is 4. The zero-order chi connectivity index (χ0) is 22.3. The first-order valence-corrected chi connectivity index (χ1v) is 10.3. The molecule has 1 saturated heterocycles. The Morgan fingerprint density at radius 1 is 1.32 bits per heavy atom. The van der Waals surface area contributed by atoms with Crippen molar-refractivity contribution in [3.05, 3.63) is 30.4 Å². The van der Waals surface area contributed by atoms with Crippen molar-refractivity contribution in [2.45, 2.75) is 39.3 Å². The fourth-order valence-corrected chi connectivity index (χ4v) is 3.78. The van der Waals surface area contributed by atoms with E-state index in [9.17, 15) is 9.59 Å². The number of hydrogen-bond acceptors (Lipinski definition) is 6. The molecule has 10 nitrogen and oxygen atoms in total. The SMILES string of the molecule is Cn1cc(-c2cnc3[nH]cc(C(=O)NC(C(=O)N4CC[C@H](N)C4)C(C)(C)C)c3n2)cn1. The van der Waals surface area contributed by atoms with Crippen LogP contribution in [0, 0.1) is 5.41 Å². The Morgan fingerprint density at radius 3 is 2.71 bits per heavy atom. The highest BCUT2D eigenvalue weighted by Gasteiger charge is 2.38. The highest BCUT2D eigenvalue weighted by Crippen LogP contribution is 2.25. The topological polar surface area (TPSA) is 135 Å².